The van der Waals surface area contributed by atoms with E-state index in [9.17, 15) is 14.7 Å². The third-order valence-electron chi connectivity index (χ3n) is 6.31. The number of carbonyl (C=O) groups is 2. The summed E-state index contributed by atoms with van der Waals surface area (Å²) in [7, 11) is 0. The maximum atomic E-state index is 13.2. The van der Waals surface area contributed by atoms with E-state index in [1.54, 1.807) is 4.90 Å². The van der Waals surface area contributed by atoms with E-state index in [0.717, 1.165) is 44.5 Å². The Hall–Kier alpha value is -1.96. The molecule has 3 fully saturated rings. The second-order valence-corrected chi connectivity index (χ2v) is 8.30. The highest BCUT2D eigenvalue weighted by molar-refractivity contribution is 5.86. The summed E-state index contributed by atoms with van der Waals surface area (Å²) in [5.41, 5.74) is 1.07. The van der Waals surface area contributed by atoms with Gasteiger partial charge in [-0.3, -0.25) is 9.59 Å². The summed E-state index contributed by atoms with van der Waals surface area (Å²) in [5.74, 6) is 0.0720. The molecule has 1 aromatic carbocycles. The quantitative estimate of drug-likeness (QED) is 0.798. The van der Waals surface area contributed by atoms with Crippen LogP contribution in [-0.4, -0.2) is 89.7 Å². The van der Waals surface area contributed by atoms with Gasteiger partial charge < -0.3 is 24.5 Å². The van der Waals surface area contributed by atoms with Crippen LogP contribution in [-0.2, 0) is 14.3 Å². The Morgan fingerprint density at radius 2 is 1.86 bits per heavy atom. The van der Waals surface area contributed by atoms with Gasteiger partial charge in [-0.1, -0.05) is 30.3 Å². The first-order valence-electron chi connectivity index (χ1n) is 10.8. The Kier molecular flexibility index (Phi) is 6.47. The number of nitrogens with zero attached hydrogens (tertiary/aromatic N) is 3. The fourth-order valence-electron chi connectivity index (χ4n) is 4.69. The Labute approximate surface area is 172 Å². The molecule has 0 radical (unpaired) electrons. The van der Waals surface area contributed by atoms with Crippen molar-refractivity contribution >= 4 is 11.8 Å². The number of aliphatic hydroxyl groups is 1. The molecule has 3 aliphatic rings. The fourth-order valence-corrected chi connectivity index (χ4v) is 4.69. The van der Waals surface area contributed by atoms with Crippen LogP contribution in [0.25, 0.3) is 0 Å². The third kappa shape index (κ3) is 4.79. The first kappa shape index (κ1) is 20.3. The number of ether oxygens (including phenoxy) is 1. The number of piperidine rings is 1. The number of hydrogen-bond donors (Lipinski definition) is 1. The van der Waals surface area contributed by atoms with Crippen LogP contribution >= 0.6 is 0 Å². The van der Waals surface area contributed by atoms with Crippen LogP contribution in [0, 0.1) is 0 Å². The van der Waals surface area contributed by atoms with Gasteiger partial charge in [0.25, 0.3) is 0 Å². The molecule has 0 bridgehead atoms. The molecule has 7 heteroatoms. The first-order chi connectivity index (χ1) is 14.1. The third-order valence-corrected chi connectivity index (χ3v) is 6.31. The van der Waals surface area contributed by atoms with Crippen molar-refractivity contribution in [3.8, 4) is 0 Å². The van der Waals surface area contributed by atoms with E-state index in [1.165, 1.54) is 0 Å². The highest BCUT2D eigenvalue weighted by atomic mass is 16.5. The van der Waals surface area contributed by atoms with Crippen molar-refractivity contribution in [3.63, 3.8) is 0 Å². The highest BCUT2D eigenvalue weighted by Crippen LogP contribution is 2.31. The highest BCUT2D eigenvalue weighted by Gasteiger charge is 2.38. The topological polar surface area (TPSA) is 73.3 Å². The Bertz CT molecular complexity index is 705. The average molecular weight is 402 g/mol. The van der Waals surface area contributed by atoms with Crippen molar-refractivity contribution in [3.05, 3.63) is 35.9 Å². The van der Waals surface area contributed by atoms with Gasteiger partial charge in [-0.25, -0.2) is 0 Å². The van der Waals surface area contributed by atoms with Crippen LogP contribution in [0.3, 0.4) is 0 Å². The van der Waals surface area contributed by atoms with Gasteiger partial charge in [0.15, 0.2) is 0 Å². The lowest BCUT2D eigenvalue weighted by atomic mass is 9.96. The second kappa shape index (κ2) is 9.24. The zero-order valence-electron chi connectivity index (χ0n) is 16.9. The normalized spacial score (nSPS) is 26.9. The number of carbonyl (C=O) groups excluding carboxylic acids is 2. The number of rotatable bonds is 5. The summed E-state index contributed by atoms with van der Waals surface area (Å²) in [5, 5.41) is 9.79. The van der Waals surface area contributed by atoms with Crippen molar-refractivity contribution in [2.75, 3.05) is 45.9 Å². The zero-order chi connectivity index (χ0) is 20.2. The summed E-state index contributed by atoms with van der Waals surface area (Å²) in [6.07, 6.45) is 2.60. The molecule has 0 aromatic heterocycles. The van der Waals surface area contributed by atoms with Gasteiger partial charge in [0.2, 0.25) is 11.8 Å². The number of benzene rings is 1. The van der Waals surface area contributed by atoms with Crippen LogP contribution in [0.1, 0.15) is 37.3 Å². The Balaban J connectivity index is 1.51. The summed E-state index contributed by atoms with van der Waals surface area (Å²) in [6.45, 7) is 4.30. The van der Waals surface area contributed by atoms with E-state index in [-0.39, 0.29) is 36.6 Å². The van der Waals surface area contributed by atoms with Crippen molar-refractivity contribution in [1.29, 1.82) is 0 Å². The van der Waals surface area contributed by atoms with Crippen LogP contribution in [0.2, 0.25) is 0 Å². The molecule has 2 atom stereocenters. The monoisotopic (exact) mass is 401 g/mol. The Morgan fingerprint density at radius 1 is 1.10 bits per heavy atom. The molecule has 29 heavy (non-hydrogen) atoms. The van der Waals surface area contributed by atoms with Gasteiger partial charge in [-0.05, 0) is 24.8 Å². The molecule has 2 amide bonds. The van der Waals surface area contributed by atoms with Crippen LogP contribution < -0.4 is 0 Å². The second-order valence-electron chi connectivity index (χ2n) is 8.30. The number of aliphatic hydroxyl groups excluding tert-OH is 1. The Morgan fingerprint density at radius 3 is 2.55 bits per heavy atom. The van der Waals surface area contributed by atoms with Crippen LogP contribution in [0.4, 0.5) is 0 Å². The maximum absolute atomic E-state index is 13.2. The molecular formula is C22H31N3O4. The minimum Gasteiger partial charge on any atom is -0.393 e. The molecule has 1 aromatic rings. The summed E-state index contributed by atoms with van der Waals surface area (Å²) in [4.78, 5) is 31.1. The molecular weight excluding hydrogens is 370 g/mol. The molecule has 7 nitrogen and oxygen atoms in total. The van der Waals surface area contributed by atoms with E-state index in [4.69, 9.17) is 4.74 Å². The minimum absolute atomic E-state index is 0.00327. The van der Waals surface area contributed by atoms with Gasteiger partial charge >= 0.3 is 0 Å². The van der Waals surface area contributed by atoms with Crippen molar-refractivity contribution < 1.29 is 19.4 Å². The van der Waals surface area contributed by atoms with Crippen molar-refractivity contribution in [2.45, 2.75) is 43.9 Å². The number of hydrogen-bond acceptors (Lipinski definition) is 5. The molecule has 3 saturated heterocycles. The van der Waals surface area contributed by atoms with Gasteiger partial charge in [-0.2, -0.15) is 0 Å². The molecule has 0 aliphatic carbocycles. The van der Waals surface area contributed by atoms with Gasteiger partial charge in [0, 0.05) is 39.1 Å². The fraction of sp³-hybridized carbons (Fsp3) is 0.636. The van der Waals surface area contributed by atoms with E-state index in [2.05, 4.69) is 4.90 Å². The largest absolute Gasteiger partial charge is 0.393 e. The predicted octanol–water partition coefficient (Wildman–Crippen LogP) is 1.03. The standard InChI is InChI=1S/C22H31N3O4/c26-18-8-11-23(12-9-18)15-19-22(17-5-2-1-3-6-17)25(13-14-29-19)21(28)16-24-10-4-7-20(24)27/h1-3,5-6,18-19,22,26H,4,7-16H2/t19-,22-/m0/s1. The minimum atomic E-state index is -0.209. The zero-order valence-corrected chi connectivity index (χ0v) is 16.9. The van der Waals surface area contributed by atoms with Gasteiger partial charge in [0.1, 0.15) is 0 Å². The SMILES string of the molecule is O=C1CCCN1CC(=O)N1CCO[C@@H](CN2CCC(O)CC2)[C@@H]1c1ccccc1. The summed E-state index contributed by atoms with van der Waals surface area (Å²) >= 11 is 0. The number of morpholine rings is 1. The van der Waals surface area contributed by atoms with Crippen molar-refractivity contribution in [1.82, 2.24) is 14.7 Å². The van der Waals surface area contributed by atoms with Crippen LogP contribution in [0.5, 0.6) is 0 Å². The molecule has 4 rings (SSSR count). The molecule has 0 spiro atoms. The van der Waals surface area contributed by atoms with Gasteiger partial charge in [-0.15, -0.1) is 0 Å². The molecule has 1 N–H and O–H groups in total. The van der Waals surface area contributed by atoms with E-state index in [1.807, 2.05) is 35.2 Å². The lowest BCUT2D eigenvalue weighted by Gasteiger charge is -2.44. The lowest BCUT2D eigenvalue weighted by molar-refractivity contribution is -0.152. The first-order valence-corrected chi connectivity index (χ1v) is 10.8. The average Bonchev–Trinajstić information content (AvgIpc) is 3.14. The number of likely N-dealkylation sites (tertiary alicyclic amines) is 2. The van der Waals surface area contributed by atoms with E-state index < -0.39 is 0 Å². The van der Waals surface area contributed by atoms with E-state index in [0.29, 0.717) is 26.1 Å². The lowest BCUT2D eigenvalue weighted by Crippen LogP contribution is -2.54. The summed E-state index contributed by atoms with van der Waals surface area (Å²) in [6, 6.07) is 9.89. The molecule has 0 saturated carbocycles. The maximum Gasteiger partial charge on any atom is 0.242 e. The molecule has 0 unspecified atom stereocenters. The molecule has 158 valence electrons. The van der Waals surface area contributed by atoms with Crippen molar-refractivity contribution in [2.24, 2.45) is 0 Å². The molecule has 3 aliphatic heterocycles. The molecule has 3 heterocycles. The van der Waals surface area contributed by atoms with Crippen LogP contribution in [0.15, 0.2) is 30.3 Å². The predicted molar refractivity (Wildman–Crippen MR) is 108 cm³/mol. The summed E-state index contributed by atoms with van der Waals surface area (Å²) < 4.78 is 6.17. The van der Waals surface area contributed by atoms with Gasteiger partial charge in [0.05, 0.1) is 31.4 Å². The smallest absolute Gasteiger partial charge is 0.242 e. The number of amides is 2. The van der Waals surface area contributed by atoms with E-state index >= 15 is 0 Å².